The van der Waals surface area contributed by atoms with Crippen LogP contribution < -0.4 is 5.32 Å². The summed E-state index contributed by atoms with van der Waals surface area (Å²) < 4.78 is 0. The summed E-state index contributed by atoms with van der Waals surface area (Å²) in [7, 11) is 0. The van der Waals surface area contributed by atoms with Crippen LogP contribution in [-0.2, 0) is 18.6 Å². The molecule has 0 aliphatic carbocycles. The SMILES string of the molecule is Cc1cc(Nc2cc(-c3ccccc3Cl)nc3ccccc23)n[nH]1.[V]. The van der Waals surface area contributed by atoms with Crippen LogP contribution >= 0.6 is 11.6 Å². The molecule has 0 spiro atoms. The number of aromatic nitrogens is 3. The van der Waals surface area contributed by atoms with E-state index in [1.807, 2.05) is 67.6 Å². The third-order valence-electron chi connectivity index (χ3n) is 3.83. The summed E-state index contributed by atoms with van der Waals surface area (Å²) >= 11 is 6.35. The monoisotopic (exact) mass is 385 g/mol. The van der Waals surface area contributed by atoms with E-state index in [0.717, 1.165) is 39.4 Å². The molecular weight excluding hydrogens is 371 g/mol. The van der Waals surface area contributed by atoms with Crippen LogP contribution in [0.1, 0.15) is 5.69 Å². The molecule has 4 nitrogen and oxygen atoms in total. The normalized spacial score (nSPS) is 10.5. The fourth-order valence-electron chi connectivity index (χ4n) is 2.71. The quantitative estimate of drug-likeness (QED) is 0.501. The van der Waals surface area contributed by atoms with Crippen LogP contribution in [0.15, 0.2) is 60.7 Å². The van der Waals surface area contributed by atoms with Crippen LogP contribution in [0.3, 0.4) is 0 Å². The number of hydrogen-bond acceptors (Lipinski definition) is 3. The summed E-state index contributed by atoms with van der Waals surface area (Å²) in [6, 6.07) is 19.7. The number of hydrogen-bond donors (Lipinski definition) is 2. The molecule has 0 aliphatic heterocycles. The van der Waals surface area contributed by atoms with Crippen molar-refractivity contribution in [2.45, 2.75) is 6.92 Å². The van der Waals surface area contributed by atoms with E-state index in [1.165, 1.54) is 0 Å². The Labute approximate surface area is 162 Å². The van der Waals surface area contributed by atoms with Gasteiger partial charge in [-0.15, -0.1) is 0 Å². The standard InChI is InChI=1S/C19H15ClN4.V/c1-12-10-19(24-23-12)22-18-11-17(13-6-2-4-8-15(13)20)21-16-9-5-3-7-14(16)18;/h2-11H,1H3,(H2,21,22,23,24);. The van der Waals surface area contributed by atoms with Crippen molar-refractivity contribution < 1.29 is 18.6 Å². The second kappa shape index (κ2) is 7.32. The zero-order valence-corrected chi connectivity index (χ0v) is 15.6. The van der Waals surface area contributed by atoms with E-state index in [4.69, 9.17) is 16.6 Å². The van der Waals surface area contributed by atoms with Crippen molar-refractivity contribution in [3.63, 3.8) is 0 Å². The Bertz CT molecular complexity index is 1030. The number of benzene rings is 2. The van der Waals surface area contributed by atoms with Gasteiger partial charge in [-0.2, -0.15) is 5.10 Å². The van der Waals surface area contributed by atoms with E-state index < -0.39 is 0 Å². The van der Waals surface area contributed by atoms with E-state index in [0.29, 0.717) is 5.02 Å². The molecule has 4 rings (SSSR count). The summed E-state index contributed by atoms with van der Waals surface area (Å²) in [6.07, 6.45) is 0. The molecule has 4 aromatic rings. The maximum atomic E-state index is 6.35. The minimum Gasteiger partial charge on any atom is -0.338 e. The van der Waals surface area contributed by atoms with Crippen LogP contribution in [0.5, 0.6) is 0 Å². The zero-order valence-electron chi connectivity index (χ0n) is 13.5. The van der Waals surface area contributed by atoms with E-state index in [-0.39, 0.29) is 18.6 Å². The summed E-state index contributed by atoms with van der Waals surface area (Å²) in [5.74, 6) is 0.772. The van der Waals surface area contributed by atoms with Crippen molar-refractivity contribution in [1.82, 2.24) is 15.2 Å². The summed E-state index contributed by atoms with van der Waals surface area (Å²) in [6.45, 7) is 1.97. The first kappa shape index (κ1) is 17.6. The molecule has 2 heterocycles. The van der Waals surface area contributed by atoms with Crippen LogP contribution in [0, 0.1) is 6.92 Å². The summed E-state index contributed by atoms with van der Waals surface area (Å²) in [4.78, 5) is 4.76. The molecule has 0 saturated heterocycles. The number of aromatic amines is 1. The topological polar surface area (TPSA) is 53.6 Å². The summed E-state index contributed by atoms with van der Waals surface area (Å²) in [5, 5.41) is 12.3. The maximum absolute atomic E-state index is 6.35. The zero-order chi connectivity index (χ0) is 16.5. The fraction of sp³-hybridized carbons (Fsp3) is 0.0526. The Morgan fingerprint density at radius 3 is 2.52 bits per heavy atom. The average molecular weight is 386 g/mol. The number of para-hydroxylation sites is 1. The van der Waals surface area contributed by atoms with Crippen LogP contribution in [0.4, 0.5) is 11.5 Å². The first-order valence-electron chi connectivity index (χ1n) is 7.64. The molecule has 2 N–H and O–H groups in total. The van der Waals surface area contributed by atoms with Gasteiger partial charge >= 0.3 is 0 Å². The van der Waals surface area contributed by atoms with Crippen LogP contribution in [0.2, 0.25) is 5.02 Å². The van der Waals surface area contributed by atoms with Gasteiger partial charge in [0.1, 0.15) is 0 Å². The Morgan fingerprint density at radius 1 is 1.00 bits per heavy atom. The van der Waals surface area contributed by atoms with Crippen molar-refractivity contribution in [3.8, 4) is 11.3 Å². The number of halogens is 1. The fourth-order valence-corrected chi connectivity index (χ4v) is 2.94. The van der Waals surface area contributed by atoms with Crippen LogP contribution in [-0.4, -0.2) is 15.2 Å². The van der Waals surface area contributed by atoms with Crippen molar-refractivity contribution in [2.24, 2.45) is 0 Å². The first-order chi connectivity index (χ1) is 11.7. The van der Waals surface area contributed by atoms with E-state index in [2.05, 4.69) is 15.5 Å². The molecule has 0 atom stereocenters. The van der Waals surface area contributed by atoms with Gasteiger partial charge in [-0.1, -0.05) is 48.0 Å². The average Bonchev–Trinajstić information content (AvgIpc) is 3.00. The van der Waals surface area contributed by atoms with Crippen LogP contribution in [0.25, 0.3) is 22.2 Å². The first-order valence-corrected chi connectivity index (χ1v) is 8.02. The van der Waals surface area contributed by atoms with Crippen molar-refractivity contribution in [3.05, 3.63) is 71.4 Å². The Hall–Kier alpha value is -2.27. The van der Waals surface area contributed by atoms with Crippen molar-refractivity contribution in [1.29, 1.82) is 0 Å². The molecule has 0 fully saturated rings. The number of nitrogens with one attached hydrogen (secondary N) is 2. The molecule has 0 saturated carbocycles. The minimum atomic E-state index is 0. The van der Waals surface area contributed by atoms with Gasteiger partial charge in [0.2, 0.25) is 0 Å². The molecule has 2 aromatic carbocycles. The molecule has 25 heavy (non-hydrogen) atoms. The number of rotatable bonds is 3. The van der Waals surface area contributed by atoms with Gasteiger partial charge in [0.25, 0.3) is 0 Å². The van der Waals surface area contributed by atoms with E-state index >= 15 is 0 Å². The number of pyridine rings is 1. The Morgan fingerprint density at radius 2 is 1.76 bits per heavy atom. The van der Waals surface area contributed by atoms with Crippen molar-refractivity contribution >= 4 is 34.0 Å². The van der Waals surface area contributed by atoms with Gasteiger partial charge in [0.05, 0.1) is 16.9 Å². The van der Waals surface area contributed by atoms with Gasteiger partial charge in [-0.05, 0) is 25.1 Å². The molecule has 0 bridgehead atoms. The largest absolute Gasteiger partial charge is 0.338 e. The Balaban J connectivity index is 0.00000182. The smallest absolute Gasteiger partial charge is 0.152 e. The molecule has 123 valence electrons. The molecule has 0 unspecified atom stereocenters. The van der Waals surface area contributed by atoms with Gasteiger partial charge in [-0.25, -0.2) is 4.98 Å². The third kappa shape index (κ3) is 3.56. The van der Waals surface area contributed by atoms with Gasteiger partial charge in [0, 0.05) is 46.3 Å². The van der Waals surface area contributed by atoms with Gasteiger partial charge < -0.3 is 5.32 Å². The number of aryl methyl sites for hydroxylation is 1. The van der Waals surface area contributed by atoms with E-state index in [9.17, 15) is 0 Å². The molecule has 2 aromatic heterocycles. The number of anilines is 2. The Kier molecular flexibility index (Phi) is 5.14. The summed E-state index contributed by atoms with van der Waals surface area (Å²) in [5.41, 5.74) is 4.59. The predicted octanol–water partition coefficient (Wildman–Crippen LogP) is 5.33. The van der Waals surface area contributed by atoms with Gasteiger partial charge in [-0.3, -0.25) is 5.10 Å². The van der Waals surface area contributed by atoms with Crippen molar-refractivity contribution in [2.75, 3.05) is 5.32 Å². The molecule has 0 aliphatic rings. The second-order valence-corrected chi connectivity index (χ2v) is 6.02. The molecule has 1 radical (unpaired) electrons. The molecular formula is C19H15ClN4V. The molecule has 0 amide bonds. The molecule has 6 heteroatoms. The minimum absolute atomic E-state index is 0. The van der Waals surface area contributed by atoms with E-state index in [1.54, 1.807) is 0 Å². The number of nitrogens with zero attached hydrogens (tertiary/aromatic N) is 2. The van der Waals surface area contributed by atoms with Gasteiger partial charge in [0.15, 0.2) is 5.82 Å². The predicted molar refractivity (Wildman–Crippen MR) is 98.8 cm³/mol. The second-order valence-electron chi connectivity index (χ2n) is 5.61. The third-order valence-corrected chi connectivity index (χ3v) is 4.16. The maximum Gasteiger partial charge on any atom is 0.152 e. The number of fused-ring (bicyclic) bond motifs is 1. The number of H-pyrrole nitrogens is 1.